The van der Waals surface area contributed by atoms with Gasteiger partial charge in [0.05, 0.1) is 0 Å². The number of hydrogen-bond acceptors (Lipinski definition) is 2. The zero-order valence-electron chi connectivity index (χ0n) is 7.49. The highest BCUT2D eigenvalue weighted by Gasteiger charge is 2.22. The van der Waals surface area contributed by atoms with Crippen molar-refractivity contribution in [2.24, 2.45) is 0 Å². The van der Waals surface area contributed by atoms with E-state index in [0.29, 0.717) is 18.1 Å². The van der Waals surface area contributed by atoms with Gasteiger partial charge in [-0.1, -0.05) is 12.1 Å². The summed E-state index contributed by atoms with van der Waals surface area (Å²) in [7, 11) is 0. The Labute approximate surface area is 77.8 Å². The first-order chi connectivity index (χ1) is 6.25. The molecule has 1 fully saturated rings. The molecule has 2 N–H and O–H groups in total. The summed E-state index contributed by atoms with van der Waals surface area (Å²) in [6.45, 7) is 0. The predicted octanol–water partition coefficient (Wildman–Crippen LogP) is 2.11. The Morgan fingerprint density at radius 3 is 2.46 bits per heavy atom. The Morgan fingerprint density at radius 2 is 1.92 bits per heavy atom. The largest absolute Gasteiger partial charge is 0.399 e. The number of benzene rings is 1. The van der Waals surface area contributed by atoms with Crippen LogP contribution in [0.25, 0.3) is 0 Å². The molecule has 1 atom stereocenters. The lowest BCUT2D eigenvalue weighted by molar-refractivity contribution is -0.117. The minimum atomic E-state index is 0.391. The highest BCUT2D eigenvalue weighted by atomic mass is 16.1. The SMILES string of the molecule is Nc1ccc(C2CCC(=O)C2)cc1. The van der Waals surface area contributed by atoms with E-state index in [1.165, 1.54) is 5.56 Å². The van der Waals surface area contributed by atoms with Crippen molar-refractivity contribution < 1.29 is 4.79 Å². The summed E-state index contributed by atoms with van der Waals surface area (Å²) in [5, 5.41) is 0. The molecule has 0 amide bonds. The van der Waals surface area contributed by atoms with Crippen LogP contribution in [0.1, 0.15) is 30.7 Å². The number of nitrogens with two attached hydrogens (primary N) is 1. The molecule has 1 unspecified atom stereocenters. The van der Waals surface area contributed by atoms with Crippen LogP contribution in [-0.2, 0) is 4.79 Å². The fraction of sp³-hybridized carbons (Fsp3) is 0.364. The second kappa shape index (κ2) is 3.21. The average molecular weight is 175 g/mol. The van der Waals surface area contributed by atoms with Crippen molar-refractivity contribution in [2.45, 2.75) is 25.2 Å². The Kier molecular flexibility index (Phi) is 2.05. The molecule has 1 aromatic carbocycles. The molecule has 13 heavy (non-hydrogen) atoms. The molecule has 1 aliphatic rings. The first kappa shape index (κ1) is 8.30. The number of nitrogen functional groups attached to an aromatic ring is 1. The second-order valence-corrected chi connectivity index (χ2v) is 3.65. The number of anilines is 1. The number of carbonyl (C=O) groups is 1. The molecular weight excluding hydrogens is 162 g/mol. The van der Waals surface area contributed by atoms with Gasteiger partial charge in [-0.15, -0.1) is 0 Å². The quantitative estimate of drug-likeness (QED) is 0.664. The topological polar surface area (TPSA) is 43.1 Å². The van der Waals surface area contributed by atoms with Gasteiger partial charge in [0, 0.05) is 18.5 Å². The van der Waals surface area contributed by atoms with Gasteiger partial charge in [0.1, 0.15) is 5.78 Å². The lowest BCUT2D eigenvalue weighted by Gasteiger charge is -2.07. The van der Waals surface area contributed by atoms with E-state index < -0.39 is 0 Å². The molecule has 0 radical (unpaired) electrons. The van der Waals surface area contributed by atoms with Crippen LogP contribution in [0.5, 0.6) is 0 Å². The molecule has 1 aromatic rings. The number of carbonyl (C=O) groups excluding carboxylic acids is 1. The molecule has 0 heterocycles. The summed E-state index contributed by atoms with van der Waals surface area (Å²) < 4.78 is 0. The zero-order chi connectivity index (χ0) is 9.26. The van der Waals surface area contributed by atoms with Crippen molar-refractivity contribution in [3.63, 3.8) is 0 Å². The molecule has 1 saturated carbocycles. The van der Waals surface area contributed by atoms with Crippen LogP contribution < -0.4 is 5.73 Å². The first-order valence-corrected chi connectivity index (χ1v) is 4.63. The Hall–Kier alpha value is -1.31. The normalized spacial score (nSPS) is 22.2. The molecular formula is C11H13NO. The van der Waals surface area contributed by atoms with E-state index in [0.717, 1.165) is 18.5 Å². The molecule has 1 aliphatic carbocycles. The number of rotatable bonds is 1. The van der Waals surface area contributed by atoms with Crippen LogP contribution in [-0.4, -0.2) is 5.78 Å². The molecule has 68 valence electrons. The van der Waals surface area contributed by atoms with Gasteiger partial charge in [-0.3, -0.25) is 4.79 Å². The van der Waals surface area contributed by atoms with Crippen LogP contribution in [0.3, 0.4) is 0 Å². The second-order valence-electron chi connectivity index (χ2n) is 3.65. The minimum absolute atomic E-state index is 0.391. The van der Waals surface area contributed by atoms with Crippen LogP contribution in [0.4, 0.5) is 5.69 Å². The molecule has 0 bridgehead atoms. The van der Waals surface area contributed by atoms with Crippen LogP contribution in [0.2, 0.25) is 0 Å². The van der Waals surface area contributed by atoms with E-state index in [-0.39, 0.29) is 0 Å². The lowest BCUT2D eigenvalue weighted by Crippen LogP contribution is -1.94. The highest BCUT2D eigenvalue weighted by Crippen LogP contribution is 2.32. The van der Waals surface area contributed by atoms with Gasteiger partial charge in [-0.25, -0.2) is 0 Å². The van der Waals surface area contributed by atoms with E-state index >= 15 is 0 Å². The van der Waals surface area contributed by atoms with Crippen LogP contribution >= 0.6 is 0 Å². The van der Waals surface area contributed by atoms with Crippen molar-refractivity contribution in [1.82, 2.24) is 0 Å². The van der Waals surface area contributed by atoms with Gasteiger partial charge in [0.25, 0.3) is 0 Å². The third-order valence-electron chi connectivity index (χ3n) is 2.65. The third-order valence-corrected chi connectivity index (χ3v) is 2.65. The molecule has 0 saturated heterocycles. The first-order valence-electron chi connectivity index (χ1n) is 4.63. The molecule has 0 aromatic heterocycles. The molecule has 0 aliphatic heterocycles. The van der Waals surface area contributed by atoms with E-state index in [4.69, 9.17) is 5.73 Å². The van der Waals surface area contributed by atoms with Crippen molar-refractivity contribution in [1.29, 1.82) is 0 Å². The minimum Gasteiger partial charge on any atom is -0.399 e. The number of Topliss-reactive ketones (excluding diaryl/α,β-unsaturated/α-hetero) is 1. The highest BCUT2D eigenvalue weighted by molar-refractivity contribution is 5.81. The summed E-state index contributed by atoms with van der Waals surface area (Å²) in [4.78, 5) is 11.1. The van der Waals surface area contributed by atoms with Crippen molar-refractivity contribution in [3.8, 4) is 0 Å². The zero-order valence-corrected chi connectivity index (χ0v) is 7.49. The van der Waals surface area contributed by atoms with Gasteiger partial charge < -0.3 is 5.73 Å². The Balaban J connectivity index is 2.17. The van der Waals surface area contributed by atoms with Crippen molar-refractivity contribution in [3.05, 3.63) is 29.8 Å². The van der Waals surface area contributed by atoms with Gasteiger partial charge >= 0.3 is 0 Å². The maximum Gasteiger partial charge on any atom is 0.133 e. The maximum absolute atomic E-state index is 11.1. The smallest absolute Gasteiger partial charge is 0.133 e. The Bertz CT molecular complexity index is 315. The number of ketones is 1. The van der Waals surface area contributed by atoms with Gasteiger partial charge in [0.15, 0.2) is 0 Å². The summed E-state index contributed by atoms with van der Waals surface area (Å²) in [5.74, 6) is 0.829. The van der Waals surface area contributed by atoms with Crippen molar-refractivity contribution >= 4 is 11.5 Å². The van der Waals surface area contributed by atoms with Gasteiger partial charge in [-0.2, -0.15) is 0 Å². The molecule has 0 spiro atoms. The van der Waals surface area contributed by atoms with E-state index in [1.54, 1.807) is 0 Å². The summed E-state index contributed by atoms with van der Waals surface area (Å²) in [5.41, 5.74) is 7.62. The van der Waals surface area contributed by atoms with Crippen LogP contribution in [0.15, 0.2) is 24.3 Å². The van der Waals surface area contributed by atoms with Crippen molar-refractivity contribution in [2.75, 3.05) is 5.73 Å². The monoisotopic (exact) mass is 175 g/mol. The molecule has 2 nitrogen and oxygen atoms in total. The molecule has 2 heteroatoms. The van der Waals surface area contributed by atoms with E-state index in [2.05, 4.69) is 0 Å². The summed E-state index contributed by atoms with van der Waals surface area (Å²) >= 11 is 0. The van der Waals surface area contributed by atoms with Crippen LogP contribution in [0, 0.1) is 0 Å². The molecule has 2 rings (SSSR count). The predicted molar refractivity (Wildman–Crippen MR) is 52.5 cm³/mol. The van der Waals surface area contributed by atoms with Gasteiger partial charge in [-0.05, 0) is 30.0 Å². The third kappa shape index (κ3) is 1.72. The maximum atomic E-state index is 11.1. The lowest BCUT2D eigenvalue weighted by atomic mass is 9.98. The fourth-order valence-corrected chi connectivity index (χ4v) is 1.87. The Morgan fingerprint density at radius 1 is 1.23 bits per heavy atom. The van der Waals surface area contributed by atoms with E-state index in [9.17, 15) is 4.79 Å². The standard InChI is InChI=1S/C11H13NO/c12-10-4-1-8(2-5-10)9-3-6-11(13)7-9/h1-2,4-5,9H,3,6-7,12H2. The summed E-state index contributed by atoms with van der Waals surface area (Å²) in [6.07, 6.45) is 2.46. The average Bonchev–Trinajstić information content (AvgIpc) is 2.53. The van der Waals surface area contributed by atoms with E-state index in [1.807, 2.05) is 24.3 Å². The fourth-order valence-electron chi connectivity index (χ4n) is 1.87. The van der Waals surface area contributed by atoms with Gasteiger partial charge in [0.2, 0.25) is 0 Å². The summed E-state index contributed by atoms with van der Waals surface area (Å²) in [6, 6.07) is 7.85. The number of hydrogen-bond donors (Lipinski definition) is 1.